The van der Waals surface area contributed by atoms with Crippen LogP contribution in [-0.2, 0) is 23.7 Å². The zero-order chi connectivity index (χ0) is 37.3. The number of hydrogen-bond donors (Lipinski definition) is 13. The average molecular weight is 733 g/mol. The first-order valence-corrected chi connectivity index (χ1v) is 17.1. The number of aryl methyl sites for hydroxylation is 1. The highest BCUT2D eigenvalue weighted by atomic mass is 16.7. The largest absolute Gasteiger partial charge is 0.394 e. The fourth-order valence-corrected chi connectivity index (χ4v) is 6.95. The highest BCUT2D eigenvalue weighted by Crippen LogP contribution is 2.33. The van der Waals surface area contributed by atoms with Crippen molar-refractivity contribution in [2.45, 2.75) is 144 Å². The van der Waals surface area contributed by atoms with Crippen molar-refractivity contribution in [2.75, 3.05) is 18.5 Å². The number of benzene rings is 1. The Kier molecular flexibility index (Phi) is 13.5. The number of nitrogens with one attached hydrogen (secondary N) is 2. The monoisotopic (exact) mass is 732 g/mol. The van der Waals surface area contributed by atoms with Gasteiger partial charge in [-0.2, -0.15) is 0 Å². The van der Waals surface area contributed by atoms with E-state index in [1.54, 1.807) is 25.1 Å². The van der Waals surface area contributed by atoms with Crippen LogP contribution in [0.4, 0.5) is 5.69 Å². The number of ether oxygens (including phenoxy) is 5. The van der Waals surface area contributed by atoms with Crippen LogP contribution >= 0.6 is 0 Å². The van der Waals surface area contributed by atoms with E-state index in [1.807, 2.05) is 19.1 Å². The Bertz CT molecular complexity index is 1290. The Balaban J connectivity index is 1.22. The van der Waals surface area contributed by atoms with Crippen LogP contribution < -0.4 is 10.6 Å². The molecule has 3 heterocycles. The van der Waals surface area contributed by atoms with Gasteiger partial charge in [0.1, 0.15) is 79.4 Å². The molecule has 51 heavy (non-hydrogen) atoms. The van der Waals surface area contributed by atoms with Crippen molar-refractivity contribution in [3.63, 3.8) is 0 Å². The Morgan fingerprint density at radius 2 is 1.22 bits per heavy atom. The molecule has 19 atom stereocenters. The molecular weight excluding hydrogens is 680 g/mol. The van der Waals surface area contributed by atoms with Crippen molar-refractivity contribution in [1.29, 1.82) is 0 Å². The normalized spacial score (nSPS) is 46.4. The maximum Gasteiger partial charge on any atom is 0.187 e. The lowest BCUT2D eigenvalue weighted by Crippen LogP contribution is -2.68. The summed E-state index contributed by atoms with van der Waals surface area (Å²) in [5.74, 6) is 0. The molecule has 13 N–H and O–H groups in total. The van der Waals surface area contributed by atoms with Gasteiger partial charge < -0.3 is 90.5 Å². The predicted octanol–water partition coefficient (Wildman–Crippen LogP) is -4.72. The number of aliphatic hydroxyl groups excluding tert-OH is 11. The lowest BCUT2D eigenvalue weighted by atomic mass is 9.85. The van der Waals surface area contributed by atoms with Gasteiger partial charge in [0.05, 0.1) is 31.4 Å². The number of anilines is 1. The molecule has 0 saturated carbocycles. The summed E-state index contributed by atoms with van der Waals surface area (Å²) in [5, 5.41) is 123. The van der Waals surface area contributed by atoms with E-state index in [2.05, 4.69) is 10.6 Å². The minimum absolute atomic E-state index is 0.391. The van der Waals surface area contributed by atoms with Crippen LogP contribution in [0.3, 0.4) is 0 Å². The van der Waals surface area contributed by atoms with Gasteiger partial charge in [0, 0.05) is 5.69 Å². The lowest BCUT2D eigenvalue weighted by molar-refractivity contribution is -0.367. The van der Waals surface area contributed by atoms with Crippen LogP contribution in [0.25, 0.3) is 0 Å². The van der Waals surface area contributed by atoms with E-state index in [-0.39, 0.29) is 0 Å². The van der Waals surface area contributed by atoms with Gasteiger partial charge in [-0.3, -0.25) is 0 Å². The molecule has 0 bridgehead atoms. The summed E-state index contributed by atoms with van der Waals surface area (Å²) in [4.78, 5) is 0. The van der Waals surface area contributed by atoms with Crippen LogP contribution in [0.15, 0.2) is 35.9 Å². The van der Waals surface area contributed by atoms with Crippen molar-refractivity contribution in [1.82, 2.24) is 5.32 Å². The second-order valence-corrected chi connectivity index (χ2v) is 13.6. The summed E-state index contributed by atoms with van der Waals surface area (Å²) in [7, 11) is 0. The molecule has 18 heteroatoms. The Morgan fingerprint density at radius 1 is 0.667 bits per heavy atom. The maximum absolute atomic E-state index is 11.1. The van der Waals surface area contributed by atoms with Crippen molar-refractivity contribution >= 4 is 5.69 Å². The average Bonchev–Trinajstić information content (AvgIpc) is 3.12. The first kappa shape index (κ1) is 40.3. The molecule has 0 spiro atoms. The van der Waals surface area contributed by atoms with Gasteiger partial charge in [0.15, 0.2) is 18.8 Å². The standard InChI is InChI=1S/C33H52N2O16/c1-4-14-9-16(21(39)23(41)20(14)38)35-19-13(3)47-32(27(45)22(19)40)50-30-18(11-37)49-33(28(46)25(30)43)51-29-17(10-36)48-31(26(44)24(29)42)34-15-7-5-12(2)6-8-15/h5-9,13,16-46H,4,10-11H2,1-3H3. The fraction of sp³-hybridized carbons (Fsp3) is 0.758. The van der Waals surface area contributed by atoms with E-state index in [0.29, 0.717) is 17.7 Å². The van der Waals surface area contributed by atoms with Gasteiger partial charge in [-0.1, -0.05) is 30.7 Å². The van der Waals surface area contributed by atoms with Crippen molar-refractivity contribution in [3.05, 3.63) is 41.5 Å². The van der Waals surface area contributed by atoms with E-state index in [1.165, 1.54) is 6.92 Å². The second kappa shape index (κ2) is 17.0. The molecule has 4 aliphatic rings. The van der Waals surface area contributed by atoms with E-state index in [9.17, 15) is 56.2 Å². The van der Waals surface area contributed by atoms with Crippen LogP contribution in [0, 0.1) is 6.92 Å². The smallest absolute Gasteiger partial charge is 0.187 e. The maximum atomic E-state index is 11.1. The molecule has 18 nitrogen and oxygen atoms in total. The molecular formula is C33H52N2O16. The molecule has 0 aromatic heterocycles. The van der Waals surface area contributed by atoms with E-state index >= 15 is 0 Å². The van der Waals surface area contributed by atoms with Gasteiger partial charge in [-0.15, -0.1) is 0 Å². The number of aliphatic hydroxyl groups is 11. The Morgan fingerprint density at radius 3 is 1.80 bits per heavy atom. The van der Waals surface area contributed by atoms with Gasteiger partial charge in [-0.05, 0) is 38.0 Å². The highest BCUT2D eigenvalue weighted by Gasteiger charge is 2.53. The molecule has 3 saturated heterocycles. The first-order valence-electron chi connectivity index (χ1n) is 17.1. The molecule has 3 aliphatic heterocycles. The minimum Gasteiger partial charge on any atom is -0.394 e. The van der Waals surface area contributed by atoms with Gasteiger partial charge in [0.2, 0.25) is 0 Å². The van der Waals surface area contributed by atoms with Crippen LogP contribution in [-0.4, -0.2) is 186 Å². The summed E-state index contributed by atoms with van der Waals surface area (Å²) >= 11 is 0. The lowest BCUT2D eigenvalue weighted by Gasteiger charge is -2.49. The minimum atomic E-state index is -1.89. The third kappa shape index (κ3) is 8.43. The van der Waals surface area contributed by atoms with Gasteiger partial charge in [-0.25, -0.2) is 0 Å². The molecule has 19 unspecified atom stereocenters. The van der Waals surface area contributed by atoms with Crippen molar-refractivity contribution in [2.24, 2.45) is 0 Å². The summed E-state index contributed by atoms with van der Waals surface area (Å²) in [6.07, 6.45) is -23.6. The summed E-state index contributed by atoms with van der Waals surface area (Å²) < 4.78 is 28.8. The van der Waals surface area contributed by atoms with E-state index in [0.717, 1.165) is 5.56 Å². The van der Waals surface area contributed by atoms with Crippen LogP contribution in [0.5, 0.6) is 0 Å². The molecule has 0 radical (unpaired) electrons. The van der Waals surface area contributed by atoms with E-state index < -0.39 is 130 Å². The molecule has 3 fully saturated rings. The molecule has 0 amide bonds. The fourth-order valence-electron chi connectivity index (χ4n) is 6.95. The zero-order valence-corrected chi connectivity index (χ0v) is 28.4. The second-order valence-electron chi connectivity index (χ2n) is 13.6. The molecule has 1 aliphatic carbocycles. The third-order valence-electron chi connectivity index (χ3n) is 10.1. The predicted molar refractivity (Wildman–Crippen MR) is 174 cm³/mol. The SMILES string of the molecule is CCC1=CC(NC2C(C)OC(OC3C(CO)OC(OC4C(CO)OC(Nc5ccc(C)cc5)C(O)C4O)C(O)C3O)C(O)C2O)C(O)C(O)C1O. The van der Waals surface area contributed by atoms with Crippen LogP contribution in [0.2, 0.25) is 0 Å². The number of hydrogen-bond acceptors (Lipinski definition) is 18. The Hall–Kier alpha value is -1.92. The molecule has 1 aromatic carbocycles. The topological polar surface area (TPSA) is 293 Å². The first-order chi connectivity index (χ1) is 24.2. The van der Waals surface area contributed by atoms with E-state index in [4.69, 9.17) is 23.7 Å². The zero-order valence-electron chi connectivity index (χ0n) is 28.4. The van der Waals surface area contributed by atoms with Crippen molar-refractivity contribution in [3.8, 4) is 0 Å². The Labute approximate surface area is 294 Å². The van der Waals surface area contributed by atoms with Gasteiger partial charge >= 0.3 is 0 Å². The quantitative estimate of drug-likeness (QED) is 0.0951. The van der Waals surface area contributed by atoms with Gasteiger partial charge in [0.25, 0.3) is 0 Å². The summed E-state index contributed by atoms with van der Waals surface area (Å²) in [5.41, 5.74) is 2.04. The van der Waals surface area contributed by atoms with Crippen molar-refractivity contribution < 1.29 is 79.9 Å². The summed E-state index contributed by atoms with van der Waals surface area (Å²) in [6.45, 7) is 3.73. The molecule has 5 rings (SSSR count). The van der Waals surface area contributed by atoms with Crippen LogP contribution in [0.1, 0.15) is 25.8 Å². The summed E-state index contributed by atoms with van der Waals surface area (Å²) in [6, 6.07) is 5.21. The molecule has 1 aromatic rings. The third-order valence-corrected chi connectivity index (χ3v) is 10.1. The molecule has 290 valence electrons. The highest BCUT2D eigenvalue weighted by molar-refractivity contribution is 5.45. The number of rotatable bonds is 11.